The Bertz CT molecular complexity index is 1270. The first-order valence-electron chi connectivity index (χ1n) is 11.5. The van der Waals surface area contributed by atoms with Gasteiger partial charge in [-0.25, -0.2) is 4.79 Å². The number of nitrogens with zero attached hydrogens (tertiary/aromatic N) is 1. The monoisotopic (exact) mass is 470 g/mol. The molecule has 1 aromatic heterocycles. The van der Waals surface area contributed by atoms with Crippen molar-refractivity contribution < 1.29 is 14.6 Å². The molecule has 5 rings (SSSR count). The van der Waals surface area contributed by atoms with Crippen LogP contribution in [0.1, 0.15) is 29.3 Å². The molecule has 0 bridgehead atoms. The first-order chi connectivity index (χ1) is 17.1. The van der Waals surface area contributed by atoms with E-state index in [1.807, 2.05) is 91.0 Å². The molecular weight excluding hydrogens is 444 g/mol. The van der Waals surface area contributed by atoms with Gasteiger partial charge in [0.15, 0.2) is 0 Å². The first kappa shape index (κ1) is 23.0. The predicted octanol–water partition coefficient (Wildman–Crippen LogP) is 3.19. The van der Waals surface area contributed by atoms with E-state index in [0.29, 0.717) is 0 Å². The van der Waals surface area contributed by atoms with Gasteiger partial charge in [-0.15, -0.1) is 0 Å². The van der Waals surface area contributed by atoms with Crippen LogP contribution in [-0.2, 0) is 15.1 Å². The van der Waals surface area contributed by atoms with E-state index in [2.05, 4.69) is 4.98 Å². The minimum absolute atomic E-state index is 0.0778. The molecule has 3 atom stereocenters. The maximum atomic E-state index is 12.2. The normalized spacial score (nSPS) is 20.1. The number of nitrogens with one attached hydrogen (secondary N) is 1. The quantitative estimate of drug-likeness (QED) is 0.405. The van der Waals surface area contributed by atoms with Gasteiger partial charge in [-0.3, -0.25) is 14.3 Å². The van der Waals surface area contributed by atoms with Gasteiger partial charge in [0.2, 0.25) is 0 Å². The lowest BCUT2D eigenvalue weighted by Gasteiger charge is -2.37. The van der Waals surface area contributed by atoms with Crippen molar-refractivity contribution in [2.24, 2.45) is 0 Å². The molecule has 3 aromatic carbocycles. The van der Waals surface area contributed by atoms with Crippen molar-refractivity contribution in [2.75, 3.05) is 6.61 Å². The molecule has 7 heteroatoms. The molecule has 2 heterocycles. The van der Waals surface area contributed by atoms with Crippen LogP contribution in [0.5, 0.6) is 0 Å². The molecule has 35 heavy (non-hydrogen) atoms. The van der Waals surface area contributed by atoms with Gasteiger partial charge in [-0.2, -0.15) is 0 Å². The Labute approximate surface area is 202 Å². The fourth-order valence-electron chi connectivity index (χ4n) is 4.67. The number of aromatic nitrogens is 2. The van der Waals surface area contributed by atoms with E-state index in [1.165, 1.54) is 16.8 Å². The van der Waals surface area contributed by atoms with Crippen molar-refractivity contribution in [3.63, 3.8) is 0 Å². The average molecular weight is 471 g/mol. The maximum absolute atomic E-state index is 12.2. The topological polar surface area (TPSA) is 93.6 Å². The standard InChI is InChI=1S/C28H26N2O5/c31-23-18-26(30-17-16-25(32)29-27(30)33)35-24(23)19-34-28(20-10-4-1-5-11-20,21-12-6-2-7-13-21)22-14-8-3-9-15-22/h1-17,23-24,26,31H,18-19H2,(H,29,32,33)/t23-,24+,26+/m0/s1. The third-order valence-electron chi connectivity index (χ3n) is 6.37. The summed E-state index contributed by atoms with van der Waals surface area (Å²) in [5.74, 6) is 0. The van der Waals surface area contributed by atoms with Gasteiger partial charge in [0.25, 0.3) is 5.56 Å². The number of aliphatic hydroxyl groups excluding tert-OH is 1. The van der Waals surface area contributed by atoms with Gasteiger partial charge >= 0.3 is 5.69 Å². The van der Waals surface area contributed by atoms with Crippen LogP contribution < -0.4 is 11.2 Å². The number of hydrogen-bond donors (Lipinski definition) is 2. The summed E-state index contributed by atoms with van der Waals surface area (Å²) in [6.45, 7) is 0.0778. The summed E-state index contributed by atoms with van der Waals surface area (Å²) in [6, 6.07) is 31.1. The molecule has 2 N–H and O–H groups in total. The van der Waals surface area contributed by atoms with Crippen LogP contribution in [0.3, 0.4) is 0 Å². The highest BCUT2D eigenvalue weighted by Gasteiger charge is 2.41. The van der Waals surface area contributed by atoms with E-state index in [-0.39, 0.29) is 13.0 Å². The summed E-state index contributed by atoms with van der Waals surface area (Å²) in [5.41, 5.74) is 0.821. The zero-order valence-corrected chi connectivity index (χ0v) is 19.0. The Morgan fingerprint density at radius 2 is 1.37 bits per heavy atom. The van der Waals surface area contributed by atoms with Gasteiger partial charge in [-0.1, -0.05) is 91.0 Å². The average Bonchev–Trinajstić information content (AvgIpc) is 3.26. The zero-order valence-electron chi connectivity index (χ0n) is 19.0. The second kappa shape index (κ2) is 9.84. The first-order valence-corrected chi connectivity index (χ1v) is 11.5. The van der Waals surface area contributed by atoms with Gasteiger partial charge in [-0.05, 0) is 16.7 Å². The highest BCUT2D eigenvalue weighted by Crippen LogP contribution is 2.41. The van der Waals surface area contributed by atoms with Crippen molar-refractivity contribution >= 4 is 0 Å². The van der Waals surface area contributed by atoms with Crippen molar-refractivity contribution in [3.05, 3.63) is 141 Å². The summed E-state index contributed by atoms with van der Waals surface area (Å²) in [6.07, 6.45) is -0.644. The predicted molar refractivity (Wildman–Crippen MR) is 131 cm³/mol. The number of rotatable bonds is 7. The van der Waals surface area contributed by atoms with E-state index < -0.39 is 35.3 Å². The van der Waals surface area contributed by atoms with E-state index in [1.54, 1.807) is 0 Å². The minimum Gasteiger partial charge on any atom is -0.390 e. The number of ether oxygens (including phenoxy) is 2. The highest BCUT2D eigenvalue weighted by molar-refractivity contribution is 5.47. The SMILES string of the molecule is O=c1ccn([C@H]2C[C@H](O)[C@@H](COC(c3ccccc3)(c3ccccc3)c3ccccc3)O2)c(=O)[nH]1. The van der Waals surface area contributed by atoms with Crippen LogP contribution in [0.25, 0.3) is 0 Å². The van der Waals surface area contributed by atoms with Gasteiger partial charge in [0.05, 0.1) is 12.7 Å². The minimum atomic E-state index is -0.945. The van der Waals surface area contributed by atoms with Gasteiger partial charge in [0, 0.05) is 18.7 Å². The Morgan fingerprint density at radius 3 is 1.86 bits per heavy atom. The lowest BCUT2D eigenvalue weighted by molar-refractivity contribution is -0.0944. The summed E-state index contributed by atoms with van der Waals surface area (Å²) >= 11 is 0. The number of benzene rings is 3. The molecule has 0 aliphatic carbocycles. The number of aliphatic hydroxyl groups is 1. The lowest BCUT2D eigenvalue weighted by Crippen LogP contribution is -2.38. The maximum Gasteiger partial charge on any atom is 0.330 e. The number of hydrogen-bond acceptors (Lipinski definition) is 5. The molecule has 1 saturated heterocycles. The number of H-pyrrole nitrogens is 1. The van der Waals surface area contributed by atoms with Crippen molar-refractivity contribution in [1.82, 2.24) is 9.55 Å². The summed E-state index contributed by atoms with van der Waals surface area (Å²) < 4.78 is 14.1. The fourth-order valence-corrected chi connectivity index (χ4v) is 4.67. The van der Waals surface area contributed by atoms with Crippen molar-refractivity contribution in [2.45, 2.75) is 30.5 Å². The van der Waals surface area contributed by atoms with Gasteiger partial charge in [0.1, 0.15) is 17.9 Å². The number of aromatic amines is 1. The van der Waals surface area contributed by atoms with Crippen LogP contribution in [0.15, 0.2) is 113 Å². The molecule has 1 fully saturated rings. The van der Waals surface area contributed by atoms with Crippen LogP contribution >= 0.6 is 0 Å². The molecule has 0 radical (unpaired) electrons. The lowest BCUT2D eigenvalue weighted by atomic mass is 9.80. The Hall–Kier alpha value is -3.78. The van der Waals surface area contributed by atoms with Crippen LogP contribution in [0.2, 0.25) is 0 Å². The van der Waals surface area contributed by atoms with Gasteiger partial charge < -0.3 is 14.6 Å². The molecule has 178 valence electrons. The third kappa shape index (κ3) is 4.49. The summed E-state index contributed by atoms with van der Waals surface area (Å²) in [7, 11) is 0. The van der Waals surface area contributed by atoms with Crippen molar-refractivity contribution in [3.8, 4) is 0 Å². The second-order valence-electron chi connectivity index (χ2n) is 8.54. The summed E-state index contributed by atoms with van der Waals surface area (Å²) in [4.78, 5) is 25.9. The molecule has 0 amide bonds. The molecular formula is C28H26N2O5. The van der Waals surface area contributed by atoms with E-state index in [9.17, 15) is 14.7 Å². The fraction of sp³-hybridized carbons (Fsp3) is 0.214. The largest absolute Gasteiger partial charge is 0.390 e. The Balaban J connectivity index is 1.50. The molecule has 0 spiro atoms. The van der Waals surface area contributed by atoms with E-state index >= 15 is 0 Å². The Kier molecular flexibility index (Phi) is 6.46. The van der Waals surface area contributed by atoms with Crippen LogP contribution in [0.4, 0.5) is 0 Å². The molecule has 1 aliphatic rings. The van der Waals surface area contributed by atoms with Crippen LogP contribution in [0, 0.1) is 0 Å². The molecule has 4 aromatic rings. The second-order valence-corrected chi connectivity index (χ2v) is 8.54. The smallest absolute Gasteiger partial charge is 0.330 e. The summed E-state index contributed by atoms with van der Waals surface area (Å²) in [5, 5.41) is 10.8. The highest BCUT2D eigenvalue weighted by atomic mass is 16.6. The van der Waals surface area contributed by atoms with Crippen LogP contribution in [-0.4, -0.2) is 33.5 Å². The molecule has 7 nitrogen and oxygen atoms in total. The van der Waals surface area contributed by atoms with E-state index in [0.717, 1.165) is 16.7 Å². The molecule has 1 aliphatic heterocycles. The molecule has 0 saturated carbocycles. The van der Waals surface area contributed by atoms with E-state index in [4.69, 9.17) is 9.47 Å². The van der Waals surface area contributed by atoms with Crippen molar-refractivity contribution in [1.29, 1.82) is 0 Å². The Morgan fingerprint density at radius 1 is 0.857 bits per heavy atom. The third-order valence-corrected chi connectivity index (χ3v) is 6.37. The molecule has 0 unspecified atom stereocenters. The zero-order chi connectivity index (χ0) is 24.3.